The van der Waals surface area contributed by atoms with Crippen LogP contribution >= 0.6 is 23.1 Å². The van der Waals surface area contributed by atoms with Gasteiger partial charge in [0.05, 0.1) is 6.61 Å². The molecule has 0 bridgehead atoms. The molecular weight excluding hydrogens is 332 g/mol. The maximum absolute atomic E-state index is 11.9. The smallest absolute Gasteiger partial charge is 0.358 e. The Morgan fingerprint density at radius 3 is 2.86 bits per heavy atom. The number of anilines is 1. The van der Waals surface area contributed by atoms with E-state index >= 15 is 0 Å². The molecular formula is C12H18N2O4S3. The van der Waals surface area contributed by atoms with E-state index in [4.69, 9.17) is 4.74 Å². The Balaban J connectivity index is 2.32. The Bertz CT molecular complexity index is 626. The highest BCUT2D eigenvalue weighted by molar-refractivity contribution is 8.01. The first-order valence-corrected chi connectivity index (χ1v) is 10.4. The number of nitrogens with zero attached hydrogens (tertiary/aromatic N) is 2. The molecule has 21 heavy (non-hydrogen) atoms. The van der Waals surface area contributed by atoms with E-state index in [2.05, 4.69) is 4.98 Å². The fourth-order valence-electron chi connectivity index (χ4n) is 2.05. The number of aromatic nitrogens is 1. The van der Waals surface area contributed by atoms with Crippen LogP contribution in [0.2, 0.25) is 0 Å². The predicted octanol–water partition coefficient (Wildman–Crippen LogP) is 1.55. The Kier molecular flexibility index (Phi) is 5.15. The third-order valence-corrected chi connectivity index (χ3v) is 6.73. The number of carbonyl (C=O) groups excluding carboxylic acids is 1. The summed E-state index contributed by atoms with van der Waals surface area (Å²) in [5.41, 5.74) is 0.280. The van der Waals surface area contributed by atoms with E-state index in [1.54, 1.807) is 30.5 Å². The number of ether oxygens (including phenoxy) is 1. The third kappa shape index (κ3) is 3.70. The second-order valence-corrected chi connectivity index (χ2v) is 9.21. The molecule has 1 saturated heterocycles. The number of esters is 1. The molecule has 0 aliphatic carbocycles. The van der Waals surface area contributed by atoms with Gasteiger partial charge in [0.1, 0.15) is 5.37 Å². The van der Waals surface area contributed by atoms with E-state index in [0.29, 0.717) is 17.4 Å². The van der Waals surface area contributed by atoms with Crippen LogP contribution in [0, 0.1) is 6.92 Å². The SMILES string of the molecule is CCOC(=O)c1nc(N2CCSCC2S(C)(=O)=O)sc1C. The highest BCUT2D eigenvalue weighted by Gasteiger charge is 2.33. The van der Waals surface area contributed by atoms with Gasteiger partial charge in [-0.05, 0) is 13.8 Å². The van der Waals surface area contributed by atoms with E-state index < -0.39 is 21.2 Å². The van der Waals surface area contributed by atoms with E-state index in [1.165, 1.54) is 17.6 Å². The summed E-state index contributed by atoms with van der Waals surface area (Å²) in [7, 11) is -3.20. The molecule has 1 unspecified atom stereocenters. The van der Waals surface area contributed by atoms with Crippen molar-refractivity contribution in [1.29, 1.82) is 0 Å². The first-order valence-electron chi connectivity index (χ1n) is 6.52. The van der Waals surface area contributed by atoms with Crippen molar-refractivity contribution in [2.24, 2.45) is 0 Å². The van der Waals surface area contributed by atoms with E-state index in [0.717, 1.165) is 10.6 Å². The normalized spacial score (nSPS) is 19.6. The predicted molar refractivity (Wildman–Crippen MR) is 86.1 cm³/mol. The van der Waals surface area contributed by atoms with Gasteiger partial charge in [-0.3, -0.25) is 0 Å². The molecule has 118 valence electrons. The van der Waals surface area contributed by atoms with Crippen LogP contribution in [-0.2, 0) is 14.6 Å². The average Bonchev–Trinajstić information content (AvgIpc) is 2.80. The lowest BCUT2D eigenvalue weighted by Crippen LogP contribution is -2.47. The van der Waals surface area contributed by atoms with E-state index in [9.17, 15) is 13.2 Å². The molecule has 2 heterocycles. The van der Waals surface area contributed by atoms with Crippen molar-refractivity contribution in [2.45, 2.75) is 19.2 Å². The lowest BCUT2D eigenvalue weighted by molar-refractivity contribution is 0.0519. The standard InChI is InChI=1S/C12H18N2O4S3/c1-4-18-11(15)10-8(2)20-12(13-10)14-5-6-19-7-9(14)21(3,16)17/h9H,4-7H2,1-3H3. The summed E-state index contributed by atoms with van der Waals surface area (Å²) in [5.74, 6) is 0.908. The zero-order valence-corrected chi connectivity index (χ0v) is 14.6. The molecule has 1 fully saturated rings. The lowest BCUT2D eigenvalue weighted by Gasteiger charge is -2.33. The maximum atomic E-state index is 11.9. The van der Waals surface area contributed by atoms with Gasteiger partial charge in [0.25, 0.3) is 0 Å². The largest absolute Gasteiger partial charge is 0.461 e. The molecule has 0 amide bonds. The molecule has 1 atom stereocenters. The number of rotatable bonds is 4. The van der Waals surface area contributed by atoms with Gasteiger partial charge in [-0.2, -0.15) is 11.8 Å². The lowest BCUT2D eigenvalue weighted by atomic mass is 10.4. The van der Waals surface area contributed by atoms with Crippen LogP contribution in [0.5, 0.6) is 0 Å². The number of hydrogen-bond acceptors (Lipinski definition) is 8. The Hall–Kier alpha value is -0.800. The van der Waals surface area contributed by atoms with Gasteiger partial charge in [0.15, 0.2) is 20.7 Å². The minimum atomic E-state index is -3.20. The molecule has 1 aromatic rings. The second kappa shape index (κ2) is 6.53. The van der Waals surface area contributed by atoms with Gasteiger partial charge in [0, 0.05) is 29.2 Å². The summed E-state index contributed by atoms with van der Waals surface area (Å²) in [6.45, 7) is 4.43. The minimum absolute atomic E-state index is 0.280. The number of carbonyl (C=O) groups is 1. The first-order chi connectivity index (χ1) is 9.84. The zero-order chi connectivity index (χ0) is 15.6. The molecule has 0 saturated carbocycles. The number of thiazole rings is 1. The second-order valence-electron chi connectivity index (χ2n) is 4.67. The van der Waals surface area contributed by atoms with Crippen LogP contribution in [0.3, 0.4) is 0 Å². The molecule has 6 nitrogen and oxygen atoms in total. The van der Waals surface area contributed by atoms with Crippen molar-refractivity contribution >= 4 is 44.0 Å². The van der Waals surface area contributed by atoms with Crippen LogP contribution in [-0.4, -0.2) is 55.7 Å². The summed E-state index contributed by atoms with van der Waals surface area (Å²) < 4.78 is 28.8. The number of thioether (sulfide) groups is 1. The number of sulfone groups is 1. The minimum Gasteiger partial charge on any atom is -0.461 e. The van der Waals surface area contributed by atoms with Gasteiger partial charge < -0.3 is 9.64 Å². The quantitative estimate of drug-likeness (QED) is 0.763. The Morgan fingerprint density at radius 1 is 1.52 bits per heavy atom. The van der Waals surface area contributed by atoms with Crippen molar-refractivity contribution in [1.82, 2.24) is 4.98 Å². The number of hydrogen-bond donors (Lipinski definition) is 0. The first kappa shape index (κ1) is 16.6. The van der Waals surface area contributed by atoms with Gasteiger partial charge >= 0.3 is 5.97 Å². The monoisotopic (exact) mass is 350 g/mol. The van der Waals surface area contributed by atoms with Crippen LogP contribution in [0.15, 0.2) is 0 Å². The topological polar surface area (TPSA) is 76.6 Å². The van der Waals surface area contributed by atoms with Gasteiger partial charge in [0.2, 0.25) is 0 Å². The summed E-state index contributed by atoms with van der Waals surface area (Å²) in [4.78, 5) is 18.7. The summed E-state index contributed by atoms with van der Waals surface area (Å²) in [6.07, 6.45) is 1.24. The van der Waals surface area contributed by atoms with Crippen LogP contribution in [0.1, 0.15) is 22.3 Å². The summed E-state index contributed by atoms with van der Waals surface area (Å²) >= 11 is 2.95. The molecule has 0 N–H and O–H groups in total. The average molecular weight is 350 g/mol. The highest BCUT2D eigenvalue weighted by atomic mass is 32.2. The van der Waals surface area contributed by atoms with E-state index in [-0.39, 0.29) is 12.3 Å². The van der Waals surface area contributed by atoms with Crippen molar-refractivity contribution in [2.75, 3.05) is 35.8 Å². The molecule has 0 radical (unpaired) electrons. The van der Waals surface area contributed by atoms with Crippen LogP contribution in [0.4, 0.5) is 5.13 Å². The van der Waals surface area contributed by atoms with E-state index in [1.807, 2.05) is 0 Å². The fourth-order valence-corrected chi connectivity index (χ4v) is 5.91. The van der Waals surface area contributed by atoms with Gasteiger partial charge in [-0.15, -0.1) is 11.3 Å². The molecule has 9 heteroatoms. The zero-order valence-electron chi connectivity index (χ0n) is 12.2. The third-order valence-electron chi connectivity index (χ3n) is 3.08. The van der Waals surface area contributed by atoms with Crippen molar-refractivity contribution in [3.63, 3.8) is 0 Å². The summed E-state index contributed by atoms with van der Waals surface area (Å²) in [6, 6.07) is 0. The Labute approximate surface area is 132 Å². The molecule has 0 aromatic carbocycles. The van der Waals surface area contributed by atoms with Crippen molar-refractivity contribution in [3.8, 4) is 0 Å². The molecule has 1 aliphatic rings. The van der Waals surface area contributed by atoms with Crippen molar-refractivity contribution < 1.29 is 17.9 Å². The Morgan fingerprint density at radius 2 is 2.24 bits per heavy atom. The van der Waals surface area contributed by atoms with Gasteiger partial charge in [-0.1, -0.05) is 0 Å². The molecule has 2 rings (SSSR count). The van der Waals surface area contributed by atoms with Crippen LogP contribution in [0.25, 0.3) is 0 Å². The molecule has 1 aromatic heterocycles. The van der Waals surface area contributed by atoms with Crippen molar-refractivity contribution in [3.05, 3.63) is 10.6 Å². The summed E-state index contributed by atoms with van der Waals surface area (Å²) in [5, 5.41) is -0.0110. The van der Waals surface area contributed by atoms with Crippen LogP contribution < -0.4 is 4.90 Å². The fraction of sp³-hybridized carbons (Fsp3) is 0.667. The maximum Gasteiger partial charge on any atom is 0.358 e. The molecule has 1 aliphatic heterocycles. The highest BCUT2D eigenvalue weighted by Crippen LogP contribution is 2.32. The molecule has 0 spiro atoms. The number of aryl methyl sites for hydroxylation is 1. The van der Waals surface area contributed by atoms with Gasteiger partial charge in [-0.25, -0.2) is 18.2 Å².